The van der Waals surface area contributed by atoms with E-state index >= 15 is 0 Å². The minimum atomic E-state index is -4.67. The number of carbonyl (C=O) groups is 1. The maximum absolute atomic E-state index is 12.8. The van der Waals surface area contributed by atoms with E-state index in [4.69, 9.17) is 6.57 Å². The van der Waals surface area contributed by atoms with Gasteiger partial charge in [-0.05, 0) is 31.5 Å². The van der Waals surface area contributed by atoms with Crippen LogP contribution < -0.4 is 4.31 Å². The summed E-state index contributed by atoms with van der Waals surface area (Å²) in [5.41, 5.74) is -1.56. The highest BCUT2D eigenvalue weighted by atomic mass is 32.2. The molecule has 0 aliphatic carbocycles. The van der Waals surface area contributed by atoms with Gasteiger partial charge in [0.15, 0.2) is 11.2 Å². The fourth-order valence-electron chi connectivity index (χ4n) is 2.64. The van der Waals surface area contributed by atoms with Gasteiger partial charge in [-0.2, -0.15) is 22.7 Å². The fourth-order valence-corrected chi connectivity index (χ4v) is 4.08. The van der Waals surface area contributed by atoms with Crippen LogP contribution in [0.15, 0.2) is 23.3 Å². The van der Waals surface area contributed by atoms with Crippen LogP contribution in [0.3, 0.4) is 0 Å². The third kappa shape index (κ3) is 2.19. The highest BCUT2D eigenvalue weighted by Gasteiger charge is 2.61. The molecule has 2 aliphatic heterocycles. The van der Waals surface area contributed by atoms with Gasteiger partial charge in [0, 0.05) is 6.42 Å². The number of benzene rings is 1. The lowest BCUT2D eigenvalue weighted by Crippen LogP contribution is -2.42. The minimum absolute atomic E-state index is 0.252. The molecule has 10 heteroatoms. The fraction of sp³-hybridized carbons (Fsp3) is 0.357. The topological polar surface area (TPSA) is 57.3 Å². The highest BCUT2D eigenvalue weighted by molar-refractivity contribution is 7.85. The molecular weight excluding hydrogens is 345 g/mol. The zero-order chi connectivity index (χ0) is 17.9. The van der Waals surface area contributed by atoms with Crippen LogP contribution in [0.2, 0.25) is 0 Å². The SMILES string of the molecule is [C-]#[N+]c1ccc(N2C(=O)C3(C)CC(C(F)(F)F)=NN3S2=O)cc1C. The number of nitrogens with zero attached hydrogens (tertiary/aromatic N) is 4. The molecule has 1 aromatic carbocycles. The van der Waals surface area contributed by atoms with E-state index in [1.165, 1.54) is 25.1 Å². The summed E-state index contributed by atoms with van der Waals surface area (Å²) >= 11 is -2.21. The number of hydrogen-bond donors (Lipinski definition) is 0. The Morgan fingerprint density at radius 2 is 2.08 bits per heavy atom. The number of hydrogen-bond acceptors (Lipinski definition) is 3. The van der Waals surface area contributed by atoms with E-state index in [2.05, 4.69) is 9.95 Å². The maximum Gasteiger partial charge on any atom is 0.431 e. The van der Waals surface area contributed by atoms with Crippen LogP contribution in [0.4, 0.5) is 24.5 Å². The molecule has 2 atom stereocenters. The zero-order valence-corrected chi connectivity index (χ0v) is 13.4. The molecule has 24 heavy (non-hydrogen) atoms. The van der Waals surface area contributed by atoms with Crippen molar-refractivity contribution in [1.82, 2.24) is 4.41 Å². The van der Waals surface area contributed by atoms with Crippen LogP contribution in [-0.4, -0.2) is 32.0 Å². The number of aryl methyl sites for hydroxylation is 1. The van der Waals surface area contributed by atoms with E-state index in [1.54, 1.807) is 6.92 Å². The van der Waals surface area contributed by atoms with Gasteiger partial charge < -0.3 is 0 Å². The number of anilines is 1. The van der Waals surface area contributed by atoms with E-state index in [0.717, 1.165) is 4.31 Å². The molecule has 0 aromatic heterocycles. The molecule has 0 radical (unpaired) electrons. The molecule has 1 saturated heterocycles. The number of halogens is 3. The zero-order valence-electron chi connectivity index (χ0n) is 12.6. The monoisotopic (exact) mass is 356 g/mol. The van der Waals surface area contributed by atoms with E-state index in [0.29, 0.717) is 15.7 Å². The Kier molecular flexibility index (Phi) is 3.46. The maximum atomic E-state index is 12.8. The molecule has 2 aliphatic rings. The summed E-state index contributed by atoms with van der Waals surface area (Å²) < 4.78 is 52.7. The first kappa shape index (κ1) is 16.4. The van der Waals surface area contributed by atoms with Crippen molar-refractivity contribution >= 4 is 34.2 Å². The molecule has 6 nitrogen and oxygen atoms in total. The first-order valence-electron chi connectivity index (χ1n) is 6.79. The van der Waals surface area contributed by atoms with Gasteiger partial charge in [0.1, 0.15) is 5.71 Å². The Hall–Kier alpha value is -2.41. The lowest BCUT2D eigenvalue weighted by Gasteiger charge is -2.19. The Morgan fingerprint density at radius 3 is 2.58 bits per heavy atom. The van der Waals surface area contributed by atoms with Crippen LogP contribution in [-0.2, 0) is 16.0 Å². The first-order chi connectivity index (χ1) is 11.1. The van der Waals surface area contributed by atoms with Gasteiger partial charge in [-0.15, -0.1) is 0 Å². The van der Waals surface area contributed by atoms with E-state index in [-0.39, 0.29) is 5.69 Å². The Balaban J connectivity index is 2.02. The molecule has 1 amide bonds. The van der Waals surface area contributed by atoms with Gasteiger partial charge in [-0.3, -0.25) is 4.79 Å². The van der Waals surface area contributed by atoms with E-state index < -0.39 is 40.9 Å². The summed E-state index contributed by atoms with van der Waals surface area (Å²) in [7, 11) is 0. The molecule has 0 spiro atoms. The standard InChI is InChI=1S/C14H11F3N4O2S/c1-8-6-9(4-5-10(8)18-3)20-12(22)13(2)7-11(14(15,16)17)19-21(13)24(20)23/h4-6H,7H2,1-2H3. The van der Waals surface area contributed by atoms with Crippen molar-refractivity contribution < 1.29 is 22.2 Å². The van der Waals surface area contributed by atoms with Crippen LogP contribution in [0.5, 0.6) is 0 Å². The van der Waals surface area contributed by atoms with Crippen LogP contribution in [0.25, 0.3) is 4.85 Å². The smallest absolute Gasteiger partial charge is 0.271 e. The van der Waals surface area contributed by atoms with Gasteiger partial charge in [-0.1, -0.05) is 6.07 Å². The molecule has 0 saturated carbocycles. The molecule has 1 aromatic rings. The summed E-state index contributed by atoms with van der Waals surface area (Å²) in [4.78, 5) is 15.9. The van der Waals surface area contributed by atoms with Crippen LogP contribution >= 0.6 is 0 Å². The number of fused-ring (bicyclic) bond motifs is 1. The first-order valence-corrected chi connectivity index (χ1v) is 7.85. The molecule has 2 heterocycles. The Labute approximate surface area is 138 Å². The van der Waals surface area contributed by atoms with E-state index in [1.807, 2.05) is 0 Å². The number of hydrazone groups is 1. The number of carbonyl (C=O) groups excluding carboxylic acids is 1. The largest absolute Gasteiger partial charge is 0.431 e. The number of alkyl halides is 3. The van der Waals surface area contributed by atoms with Crippen molar-refractivity contribution in [2.75, 3.05) is 4.31 Å². The normalized spacial score (nSPS) is 26.4. The highest BCUT2D eigenvalue weighted by Crippen LogP contribution is 2.43. The molecule has 1 fully saturated rings. The lowest BCUT2D eigenvalue weighted by atomic mass is 9.95. The van der Waals surface area contributed by atoms with Gasteiger partial charge in [-0.25, -0.2) is 13.4 Å². The molecule has 126 valence electrons. The third-order valence-corrected chi connectivity index (χ3v) is 5.43. The van der Waals surface area contributed by atoms with Crippen molar-refractivity contribution in [2.24, 2.45) is 5.10 Å². The van der Waals surface area contributed by atoms with Gasteiger partial charge in [0.2, 0.25) is 11.2 Å². The predicted octanol–water partition coefficient (Wildman–Crippen LogP) is 2.85. The summed E-state index contributed by atoms with van der Waals surface area (Å²) in [5, 5.41) is 3.37. The summed E-state index contributed by atoms with van der Waals surface area (Å²) in [6.45, 7) is 9.95. The Bertz CT molecular complexity index is 845. The summed E-state index contributed by atoms with van der Waals surface area (Å²) in [6.07, 6.45) is -5.33. The second-order valence-corrected chi connectivity index (χ2v) is 6.85. The van der Waals surface area contributed by atoms with Gasteiger partial charge >= 0.3 is 6.18 Å². The average Bonchev–Trinajstić information content (AvgIpc) is 2.93. The van der Waals surface area contributed by atoms with Crippen molar-refractivity contribution in [3.8, 4) is 0 Å². The van der Waals surface area contributed by atoms with Crippen LogP contribution in [0.1, 0.15) is 18.9 Å². The molecule has 0 N–H and O–H groups in total. The third-order valence-electron chi connectivity index (χ3n) is 3.96. The van der Waals surface area contributed by atoms with E-state index in [9.17, 15) is 22.2 Å². The second-order valence-electron chi connectivity index (χ2n) is 5.68. The number of amides is 1. The average molecular weight is 356 g/mol. The lowest BCUT2D eigenvalue weighted by molar-refractivity contribution is -0.123. The van der Waals surface area contributed by atoms with Crippen molar-refractivity contribution in [3.63, 3.8) is 0 Å². The van der Waals surface area contributed by atoms with Gasteiger partial charge in [0.05, 0.1) is 12.3 Å². The molecular formula is C14H11F3N4O2S. The van der Waals surface area contributed by atoms with Gasteiger partial charge in [0.25, 0.3) is 5.91 Å². The van der Waals surface area contributed by atoms with Crippen molar-refractivity contribution in [2.45, 2.75) is 32.0 Å². The summed E-state index contributed by atoms with van der Waals surface area (Å²) in [6, 6.07) is 4.41. The molecule has 0 bridgehead atoms. The van der Waals surface area contributed by atoms with Crippen LogP contribution in [0, 0.1) is 13.5 Å². The molecule has 2 unspecified atom stereocenters. The number of rotatable bonds is 1. The van der Waals surface area contributed by atoms with Crippen molar-refractivity contribution in [1.29, 1.82) is 0 Å². The minimum Gasteiger partial charge on any atom is -0.271 e. The summed E-state index contributed by atoms with van der Waals surface area (Å²) in [5.74, 6) is -0.723. The molecule has 3 rings (SSSR count). The second kappa shape index (κ2) is 5.04. The van der Waals surface area contributed by atoms with Crippen molar-refractivity contribution in [3.05, 3.63) is 35.2 Å². The quantitative estimate of drug-likeness (QED) is 0.727. The Morgan fingerprint density at radius 1 is 1.42 bits per heavy atom. The predicted molar refractivity (Wildman–Crippen MR) is 81.4 cm³/mol.